The zero-order valence-corrected chi connectivity index (χ0v) is 14.0. The lowest BCUT2D eigenvalue weighted by molar-refractivity contribution is -0.123. The third kappa shape index (κ3) is 3.47. The van der Waals surface area contributed by atoms with Gasteiger partial charge in [-0.25, -0.2) is 4.39 Å². The van der Waals surface area contributed by atoms with Gasteiger partial charge in [-0.05, 0) is 24.6 Å². The molecule has 0 aliphatic carbocycles. The van der Waals surface area contributed by atoms with Crippen molar-refractivity contribution >= 4 is 11.8 Å². The summed E-state index contributed by atoms with van der Waals surface area (Å²) in [6, 6.07) is 5.07. The van der Waals surface area contributed by atoms with Crippen molar-refractivity contribution in [2.24, 2.45) is 7.05 Å². The number of carbonyl (C=O) groups is 2. The summed E-state index contributed by atoms with van der Waals surface area (Å²) in [7, 11) is 3.19. The molecule has 1 aliphatic rings. The monoisotopic (exact) mass is 346 g/mol. The Bertz CT molecular complexity index is 805. The van der Waals surface area contributed by atoms with Crippen molar-refractivity contribution in [3.63, 3.8) is 0 Å². The number of piperidine rings is 1. The topological polar surface area (TPSA) is 85.2 Å². The molecule has 3 rings (SSSR count). The van der Waals surface area contributed by atoms with Gasteiger partial charge >= 0.3 is 0 Å². The van der Waals surface area contributed by atoms with Crippen LogP contribution in [0.2, 0.25) is 0 Å². The number of hydrogen-bond donors (Lipinski definition) is 2. The van der Waals surface area contributed by atoms with Crippen LogP contribution in [-0.2, 0) is 11.8 Å². The van der Waals surface area contributed by atoms with Crippen LogP contribution >= 0.6 is 0 Å². The molecule has 2 amide bonds. The Morgan fingerprint density at radius 1 is 1.44 bits per heavy atom. The van der Waals surface area contributed by atoms with E-state index in [1.807, 2.05) is 0 Å². The van der Waals surface area contributed by atoms with Crippen LogP contribution in [0.1, 0.15) is 34.9 Å². The van der Waals surface area contributed by atoms with Crippen LogP contribution in [0.25, 0.3) is 0 Å². The van der Waals surface area contributed by atoms with Gasteiger partial charge in [0.25, 0.3) is 5.91 Å². The summed E-state index contributed by atoms with van der Waals surface area (Å²) in [5.74, 6) is -0.943. The number of ether oxygens (including phenoxy) is 1. The number of methoxy groups -OCH3 is 1. The molecule has 1 aromatic heterocycles. The van der Waals surface area contributed by atoms with E-state index in [0.717, 1.165) is 11.8 Å². The van der Waals surface area contributed by atoms with Crippen LogP contribution in [0.4, 0.5) is 4.39 Å². The van der Waals surface area contributed by atoms with Crippen molar-refractivity contribution in [2.75, 3.05) is 7.11 Å². The highest BCUT2D eigenvalue weighted by molar-refractivity contribution is 5.95. The molecule has 25 heavy (non-hydrogen) atoms. The second-order valence-corrected chi connectivity index (χ2v) is 5.89. The number of amides is 2. The van der Waals surface area contributed by atoms with E-state index in [-0.39, 0.29) is 17.5 Å². The molecule has 7 nitrogen and oxygen atoms in total. The first-order chi connectivity index (χ1) is 12.0. The highest BCUT2D eigenvalue weighted by atomic mass is 19.1. The van der Waals surface area contributed by atoms with Gasteiger partial charge in [-0.2, -0.15) is 5.10 Å². The molecule has 2 atom stereocenters. The van der Waals surface area contributed by atoms with Crippen molar-refractivity contribution in [2.45, 2.75) is 24.9 Å². The van der Waals surface area contributed by atoms with Crippen LogP contribution in [0.5, 0.6) is 5.75 Å². The number of halogens is 1. The van der Waals surface area contributed by atoms with Gasteiger partial charge in [-0.3, -0.25) is 14.3 Å². The molecule has 1 saturated heterocycles. The van der Waals surface area contributed by atoms with Gasteiger partial charge in [0.1, 0.15) is 11.6 Å². The molecule has 132 valence electrons. The Morgan fingerprint density at radius 2 is 2.24 bits per heavy atom. The highest BCUT2D eigenvalue weighted by Gasteiger charge is 2.33. The first-order valence-electron chi connectivity index (χ1n) is 7.91. The van der Waals surface area contributed by atoms with Crippen LogP contribution in [0.3, 0.4) is 0 Å². The van der Waals surface area contributed by atoms with Gasteiger partial charge in [0, 0.05) is 25.7 Å². The molecule has 0 spiro atoms. The van der Waals surface area contributed by atoms with Crippen molar-refractivity contribution in [1.82, 2.24) is 20.4 Å². The van der Waals surface area contributed by atoms with Crippen molar-refractivity contribution in [3.8, 4) is 5.75 Å². The number of benzene rings is 1. The summed E-state index contributed by atoms with van der Waals surface area (Å²) in [6.45, 7) is 0. The van der Waals surface area contributed by atoms with E-state index in [1.54, 1.807) is 24.0 Å². The predicted octanol–water partition coefficient (Wildman–Crippen LogP) is 1.32. The van der Waals surface area contributed by atoms with E-state index >= 15 is 0 Å². The van der Waals surface area contributed by atoms with E-state index in [4.69, 9.17) is 4.74 Å². The zero-order valence-electron chi connectivity index (χ0n) is 14.0. The fraction of sp³-hybridized carbons (Fsp3) is 0.353. The Labute approximate surface area is 144 Å². The number of aryl methyl sites for hydroxylation is 1. The first kappa shape index (κ1) is 16.9. The van der Waals surface area contributed by atoms with Crippen molar-refractivity contribution in [3.05, 3.63) is 47.5 Å². The van der Waals surface area contributed by atoms with Crippen LogP contribution < -0.4 is 15.4 Å². The molecule has 0 radical (unpaired) electrons. The van der Waals surface area contributed by atoms with Crippen molar-refractivity contribution < 1.29 is 18.7 Å². The Hall–Kier alpha value is -2.90. The number of carbonyl (C=O) groups excluding carboxylic acids is 2. The standard InChI is InChI=1S/C17H19FN4O3/c1-22-14(7-8-19-22)16-13(5-6-15(23)21-16)20-17(24)11-4-3-10(25-2)9-12(11)18/h3-4,7-9,13,16H,5-6H2,1-2H3,(H,20,24)(H,21,23)/t13-,16-/m1/s1. The minimum Gasteiger partial charge on any atom is -0.497 e. The fourth-order valence-electron chi connectivity index (χ4n) is 2.98. The first-order valence-corrected chi connectivity index (χ1v) is 7.91. The zero-order chi connectivity index (χ0) is 18.0. The van der Waals surface area contributed by atoms with Gasteiger partial charge < -0.3 is 15.4 Å². The summed E-state index contributed by atoms with van der Waals surface area (Å²) >= 11 is 0. The van der Waals surface area contributed by atoms with Crippen LogP contribution in [0.15, 0.2) is 30.5 Å². The third-order valence-corrected chi connectivity index (χ3v) is 4.32. The second-order valence-electron chi connectivity index (χ2n) is 5.89. The van der Waals surface area contributed by atoms with Crippen LogP contribution in [0, 0.1) is 5.82 Å². The van der Waals surface area contributed by atoms with E-state index < -0.39 is 17.8 Å². The van der Waals surface area contributed by atoms with Gasteiger partial charge in [0.15, 0.2) is 0 Å². The largest absolute Gasteiger partial charge is 0.497 e. The molecule has 1 aromatic carbocycles. The highest BCUT2D eigenvalue weighted by Crippen LogP contribution is 2.24. The second kappa shape index (κ2) is 6.92. The number of hydrogen-bond acceptors (Lipinski definition) is 4. The van der Waals surface area contributed by atoms with Crippen LogP contribution in [-0.4, -0.2) is 34.7 Å². The molecule has 1 aliphatic heterocycles. The quantitative estimate of drug-likeness (QED) is 0.874. The summed E-state index contributed by atoms with van der Waals surface area (Å²) in [4.78, 5) is 24.3. The molecule has 2 aromatic rings. The number of nitrogens with zero attached hydrogens (tertiary/aromatic N) is 2. The lowest BCUT2D eigenvalue weighted by atomic mass is 9.95. The molecular formula is C17H19FN4O3. The number of rotatable bonds is 4. The van der Waals surface area contributed by atoms with Gasteiger partial charge in [0.2, 0.25) is 5.91 Å². The molecule has 1 fully saturated rings. The summed E-state index contributed by atoms with van der Waals surface area (Å²) < 4.78 is 20.7. The molecule has 2 N–H and O–H groups in total. The average molecular weight is 346 g/mol. The molecule has 8 heteroatoms. The molecular weight excluding hydrogens is 327 g/mol. The van der Waals surface area contributed by atoms with Gasteiger partial charge in [-0.1, -0.05) is 0 Å². The van der Waals surface area contributed by atoms with Gasteiger partial charge in [-0.15, -0.1) is 0 Å². The lowest BCUT2D eigenvalue weighted by Crippen LogP contribution is -2.50. The smallest absolute Gasteiger partial charge is 0.254 e. The SMILES string of the molecule is COc1ccc(C(=O)N[C@@H]2CCC(=O)N[C@H]2c2ccnn2C)c(F)c1. The minimum absolute atomic E-state index is 0.0681. The van der Waals surface area contributed by atoms with Crippen molar-refractivity contribution in [1.29, 1.82) is 0 Å². The number of aromatic nitrogens is 2. The van der Waals surface area contributed by atoms with E-state index in [2.05, 4.69) is 15.7 Å². The maximum Gasteiger partial charge on any atom is 0.254 e. The number of nitrogens with one attached hydrogen (secondary N) is 2. The predicted molar refractivity (Wildman–Crippen MR) is 87.5 cm³/mol. The molecule has 0 bridgehead atoms. The summed E-state index contributed by atoms with van der Waals surface area (Å²) in [5, 5.41) is 9.80. The Balaban J connectivity index is 1.81. The normalized spacial score (nSPS) is 20.0. The Morgan fingerprint density at radius 3 is 2.88 bits per heavy atom. The minimum atomic E-state index is -0.659. The Kier molecular flexibility index (Phi) is 4.69. The maximum absolute atomic E-state index is 14.1. The van der Waals surface area contributed by atoms with E-state index in [1.165, 1.54) is 19.2 Å². The average Bonchev–Trinajstić information content (AvgIpc) is 3.02. The molecule has 2 heterocycles. The third-order valence-electron chi connectivity index (χ3n) is 4.32. The van der Waals surface area contributed by atoms with E-state index in [0.29, 0.717) is 18.6 Å². The summed E-state index contributed by atoms with van der Waals surface area (Å²) in [5.41, 5.74) is 0.704. The molecule has 0 saturated carbocycles. The van der Waals surface area contributed by atoms with Gasteiger partial charge in [0.05, 0.1) is 30.5 Å². The van der Waals surface area contributed by atoms with E-state index in [9.17, 15) is 14.0 Å². The summed E-state index contributed by atoms with van der Waals surface area (Å²) in [6.07, 6.45) is 2.38. The fourth-order valence-corrected chi connectivity index (χ4v) is 2.98. The maximum atomic E-state index is 14.1. The lowest BCUT2D eigenvalue weighted by Gasteiger charge is -2.32. The molecule has 0 unspecified atom stereocenters.